The van der Waals surface area contributed by atoms with Gasteiger partial charge in [-0.05, 0) is 30.3 Å². The lowest BCUT2D eigenvalue weighted by Crippen LogP contribution is -1.85. The second kappa shape index (κ2) is 4.66. The van der Waals surface area contributed by atoms with E-state index >= 15 is 0 Å². The number of fused-ring (bicyclic) bond motifs is 1. The van der Waals surface area contributed by atoms with Crippen molar-refractivity contribution in [2.75, 3.05) is 0 Å². The third-order valence-electron chi connectivity index (χ3n) is 2.57. The fourth-order valence-corrected chi connectivity index (χ4v) is 2.61. The fourth-order valence-electron chi connectivity index (χ4n) is 1.70. The van der Waals surface area contributed by atoms with Crippen LogP contribution in [0.3, 0.4) is 0 Å². The first-order valence-electron chi connectivity index (χ1n) is 5.50. The van der Waals surface area contributed by atoms with Crippen LogP contribution in [0, 0.1) is 0 Å². The number of hydrogen-bond acceptors (Lipinski definition) is 4. The van der Waals surface area contributed by atoms with Crippen LogP contribution >= 0.6 is 11.8 Å². The Morgan fingerprint density at radius 3 is 2.56 bits per heavy atom. The van der Waals surface area contributed by atoms with E-state index in [4.69, 9.17) is 0 Å². The molecule has 0 aliphatic carbocycles. The van der Waals surface area contributed by atoms with Gasteiger partial charge in [0.25, 0.3) is 0 Å². The molecule has 0 fully saturated rings. The lowest BCUT2D eigenvalue weighted by Gasteiger charge is -2.04. The zero-order valence-corrected chi connectivity index (χ0v) is 10.3. The third-order valence-corrected chi connectivity index (χ3v) is 3.63. The monoisotopic (exact) mass is 254 g/mol. The highest BCUT2D eigenvalue weighted by molar-refractivity contribution is 7.99. The topological polar surface area (TPSA) is 46.0 Å². The minimum absolute atomic E-state index is 0.275. The molecule has 0 spiro atoms. The van der Waals surface area contributed by atoms with Gasteiger partial charge in [-0.15, -0.1) is 0 Å². The zero-order chi connectivity index (χ0) is 12.4. The molecule has 0 unspecified atom stereocenters. The number of aromatic nitrogens is 2. The van der Waals surface area contributed by atoms with Crippen LogP contribution in [0.2, 0.25) is 0 Å². The standard InChI is InChI=1S/C14H10N2OS/c17-10-5-7-11(8-6-10)18-14-9-15-16-13-4-2-1-3-12(13)14/h1-9,17H. The molecular formula is C14H10N2OS. The van der Waals surface area contributed by atoms with Gasteiger partial charge in [0.2, 0.25) is 0 Å². The zero-order valence-electron chi connectivity index (χ0n) is 9.45. The SMILES string of the molecule is Oc1ccc(Sc2cnnc3ccccc23)cc1. The summed E-state index contributed by atoms with van der Waals surface area (Å²) in [5, 5.41) is 18.5. The molecule has 2 aromatic carbocycles. The van der Waals surface area contributed by atoms with Crippen molar-refractivity contribution in [1.29, 1.82) is 0 Å². The number of phenols is 1. The van der Waals surface area contributed by atoms with Crippen molar-refractivity contribution in [3.63, 3.8) is 0 Å². The summed E-state index contributed by atoms with van der Waals surface area (Å²) in [7, 11) is 0. The molecular weight excluding hydrogens is 244 g/mol. The number of hydrogen-bond donors (Lipinski definition) is 1. The van der Waals surface area contributed by atoms with Crippen molar-refractivity contribution in [1.82, 2.24) is 10.2 Å². The Labute approximate surface area is 108 Å². The molecule has 18 heavy (non-hydrogen) atoms. The summed E-state index contributed by atoms with van der Waals surface area (Å²) < 4.78 is 0. The van der Waals surface area contributed by atoms with E-state index in [0.717, 1.165) is 20.7 Å². The quantitative estimate of drug-likeness (QED) is 0.760. The molecule has 1 heterocycles. The Bertz CT molecular complexity index is 677. The van der Waals surface area contributed by atoms with Gasteiger partial charge in [-0.3, -0.25) is 0 Å². The summed E-state index contributed by atoms with van der Waals surface area (Å²) >= 11 is 1.61. The summed E-state index contributed by atoms with van der Waals surface area (Å²) in [5.74, 6) is 0.275. The Balaban J connectivity index is 2.02. The molecule has 88 valence electrons. The lowest BCUT2D eigenvalue weighted by molar-refractivity contribution is 0.475. The maximum atomic E-state index is 9.26. The summed E-state index contributed by atoms with van der Waals surface area (Å²) in [6.45, 7) is 0. The van der Waals surface area contributed by atoms with Crippen LogP contribution < -0.4 is 0 Å². The van der Waals surface area contributed by atoms with E-state index in [1.165, 1.54) is 0 Å². The van der Waals surface area contributed by atoms with Gasteiger partial charge in [0.1, 0.15) is 5.75 Å². The van der Waals surface area contributed by atoms with Crippen LogP contribution in [0.1, 0.15) is 0 Å². The summed E-state index contributed by atoms with van der Waals surface area (Å²) in [6.07, 6.45) is 1.76. The minimum atomic E-state index is 0.275. The summed E-state index contributed by atoms with van der Waals surface area (Å²) in [4.78, 5) is 2.12. The van der Waals surface area contributed by atoms with Crippen molar-refractivity contribution in [2.24, 2.45) is 0 Å². The number of aromatic hydroxyl groups is 1. The van der Waals surface area contributed by atoms with Gasteiger partial charge in [0.05, 0.1) is 11.7 Å². The predicted octanol–water partition coefficient (Wildman–Crippen LogP) is 3.49. The van der Waals surface area contributed by atoms with E-state index in [2.05, 4.69) is 10.2 Å². The molecule has 0 aliphatic heterocycles. The maximum absolute atomic E-state index is 9.26. The lowest BCUT2D eigenvalue weighted by atomic mass is 10.2. The maximum Gasteiger partial charge on any atom is 0.115 e. The van der Waals surface area contributed by atoms with Gasteiger partial charge < -0.3 is 5.11 Å². The second-order valence-corrected chi connectivity index (χ2v) is 4.94. The molecule has 1 aromatic heterocycles. The molecule has 0 saturated carbocycles. The Hall–Kier alpha value is -2.07. The molecule has 0 aliphatic rings. The molecule has 0 atom stereocenters. The predicted molar refractivity (Wildman–Crippen MR) is 71.8 cm³/mol. The van der Waals surface area contributed by atoms with Gasteiger partial charge in [0.15, 0.2) is 0 Å². The second-order valence-electron chi connectivity index (χ2n) is 3.82. The first kappa shape index (κ1) is 11.0. The molecule has 4 heteroatoms. The first-order chi connectivity index (χ1) is 8.83. The van der Waals surface area contributed by atoms with Crippen LogP contribution in [0.5, 0.6) is 5.75 Å². The number of nitrogens with zero attached hydrogens (tertiary/aromatic N) is 2. The largest absolute Gasteiger partial charge is 0.508 e. The molecule has 0 radical (unpaired) electrons. The Morgan fingerprint density at radius 2 is 1.72 bits per heavy atom. The van der Waals surface area contributed by atoms with Crippen LogP contribution in [-0.4, -0.2) is 15.3 Å². The third kappa shape index (κ3) is 2.15. The smallest absolute Gasteiger partial charge is 0.115 e. The highest BCUT2D eigenvalue weighted by Crippen LogP contribution is 2.32. The molecule has 1 N–H and O–H groups in total. The highest BCUT2D eigenvalue weighted by Gasteiger charge is 2.04. The van der Waals surface area contributed by atoms with Crippen molar-refractivity contribution in [2.45, 2.75) is 9.79 Å². The normalized spacial score (nSPS) is 10.7. The van der Waals surface area contributed by atoms with Gasteiger partial charge in [-0.25, -0.2) is 0 Å². The van der Waals surface area contributed by atoms with Crippen molar-refractivity contribution in [3.8, 4) is 5.75 Å². The summed E-state index contributed by atoms with van der Waals surface area (Å²) in [5.41, 5.74) is 0.890. The molecule has 0 amide bonds. The van der Waals surface area contributed by atoms with Crippen molar-refractivity contribution in [3.05, 3.63) is 54.7 Å². The van der Waals surface area contributed by atoms with Crippen LogP contribution in [0.15, 0.2) is 64.5 Å². The average Bonchev–Trinajstić information content (AvgIpc) is 2.42. The number of benzene rings is 2. The van der Waals surface area contributed by atoms with Gasteiger partial charge in [-0.2, -0.15) is 10.2 Å². The van der Waals surface area contributed by atoms with E-state index in [1.54, 1.807) is 30.1 Å². The molecule has 3 rings (SSSR count). The van der Waals surface area contributed by atoms with Crippen molar-refractivity contribution >= 4 is 22.7 Å². The van der Waals surface area contributed by atoms with Gasteiger partial charge in [0, 0.05) is 15.2 Å². The molecule has 3 nitrogen and oxygen atoms in total. The van der Waals surface area contributed by atoms with E-state index in [1.807, 2.05) is 36.4 Å². The average molecular weight is 254 g/mol. The Kier molecular flexibility index (Phi) is 2.86. The van der Waals surface area contributed by atoms with Crippen LogP contribution in [-0.2, 0) is 0 Å². The van der Waals surface area contributed by atoms with E-state index in [-0.39, 0.29) is 5.75 Å². The number of phenolic OH excluding ortho intramolecular Hbond substituents is 1. The van der Waals surface area contributed by atoms with Crippen LogP contribution in [0.4, 0.5) is 0 Å². The molecule has 0 bridgehead atoms. The summed E-state index contributed by atoms with van der Waals surface area (Å²) in [6, 6.07) is 15.1. The van der Waals surface area contributed by atoms with Crippen LogP contribution in [0.25, 0.3) is 10.9 Å². The molecule has 0 saturated heterocycles. The highest BCUT2D eigenvalue weighted by atomic mass is 32.2. The minimum Gasteiger partial charge on any atom is -0.508 e. The number of rotatable bonds is 2. The fraction of sp³-hybridized carbons (Fsp3) is 0. The van der Waals surface area contributed by atoms with E-state index in [9.17, 15) is 5.11 Å². The van der Waals surface area contributed by atoms with E-state index < -0.39 is 0 Å². The van der Waals surface area contributed by atoms with Gasteiger partial charge >= 0.3 is 0 Å². The molecule has 3 aromatic rings. The Morgan fingerprint density at radius 1 is 0.944 bits per heavy atom. The van der Waals surface area contributed by atoms with Crippen molar-refractivity contribution < 1.29 is 5.11 Å². The first-order valence-corrected chi connectivity index (χ1v) is 6.32. The van der Waals surface area contributed by atoms with Gasteiger partial charge in [-0.1, -0.05) is 30.0 Å². The van der Waals surface area contributed by atoms with E-state index in [0.29, 0.717) is 0 Å².